The Kier molecular flexibility index (Phi) is 2.63. The highest BCUT2D eigenvalue weighted by molar-refractivity contribution is 6.29. The molecule has 0 aliphatic heterocycles. The van der Waals surface area contributed by atoms with Crippen LogP contribution in [0.5, 0.6) is 0 Å². The van der Waals surface area contributed by atoms with Crippen LogP contribution in [0.3, 0.4) is 0 Å². The molecule has 0 unspecified atom stereocenters. The smallest absolute Gasteiger partial charge is 0.141 e. The zero-order chi connectivity index (χ0) is 11.7. The van der Waals surface area contributed by atoms with Gasteiger partial charge in [-0.15, -0.1) is 0 Å². The molecule has 0 atom stereocenters. The van der Waals surface area contributed by atoms with Crippen LogP contribution >= 0.6 is 11.6 Å². The average molecular weight is 233 g/mol. The molecule has 2 rings (SSSR count). The van der Waals surface area contributed by atoms with Crippen molar-refractivity contribution in [3.05, 3.63) is 40.6 Å². The zero-order valence-corrected chi connectivity index (χ0v) is 9.65. The summed E-state index contributed by atoms with van der Waals surface area (Å²) in [4.78, 5) is 8.34. The average Bonchev–Trinajstić information content (AvgIpc) is 2.59. The fraction of sp³-hybridized carbons (Fsp3) is 0.182. The highest BCUT2D eigenvalue weighted by Crippen LogP contribution is 2.16. The molecule has 2 aromatic heterocycles. The molecule has 0 aliphatic rings. The SMILES string of the molecule is Cc1ncn(-c2cc(C#N)cc(Cl)n2)c1C. The molecule has 0 amide bonds. The van der Waals surface area contributed by atoms with E-state index >= 15 is 0 Å². The van der Waals surface area contributed by atoms with Crippen molar-refractivity contribution >= 4 is 11.6 Å². The second-order valence-corrected chi connectivity index (χ2v) is 3.82. The van der Waals surface area contributed by atoms with Gasteiger partial charge in [-0.05, 0) is 26.0 Å². The Labute approximate surface area is 98.1 Å². The maximum atomic E-state index is 8.85. The van der Waals surface area contributed by atoms with Crippen LogP contribution in [0, 0.1) is 25.2 Å². The van der Waals surface area contributed by atoms with Gasteiger partial charge in [0.05, 0.1) is 17.3 Å². The van der Waals surface area contributed by atoms with Gasteiger partial charge in [0.2, 0.25) is 0 Å². The number of pyridine rings is 1. The van der Waals surface area contributed by atoms with E-state index in [1.807, 2.05) is 24.5 Å². The maximum Gasteiger partial charge on any atom is 0.141 e. The van der Waals surface area contributed by atoms with E-state index < -0.39 is 0 Å². The van der Waals surface area contributed by atoms with E-state index in [4.69, 9.17) is 16.9 Å². The Balaban J connectivity index is 2.61. The van der Waals surface area contributed by atoms with Crippen molar-refractivity contribution in [1.29, 1.82) is 5.26 Å². The van der Waals surface area contributed by atoms with Crippen LogP contribution in [0.1, 0.15) is 17.0 Å². The summed E-state index contributed by atoms with van der Waals surface area (Å²) in [5, 5.41) is 9.15. The summed E-state index contributed by atoms with van der Waals surface area (Å²) < 4.78 is 1.81. The first-order chi connectivity index (χ1) is 7.61. The first-order valence-corrected chi connectivity index (χ1v) is 5.08. The number of nitriles is 1. The third-order valence-electron chi connectivity index (χ3n) is 2.41. The predicted octanol–water partition coefficient (Wildman–Crippen LogP) is 2.41. The van der Waals surface area contributed by atoms with E-state index in [-0.39, 0.29) is 0 Å². The van der Waals surface area contributed by atoms with Crippen molar-refractivity contribution in [3.8, 4) is 11.9 Å². The Bertz CT molecular complexity index is 580. The fourth-order valence-corrected chi connectivity index (χ4v) is 1.60. The molecule has 0 N–H and O–H groups in total. The summed E-state index contributed by atoms with van der Waals surface area (Å²) >= 11 is 5.84. The van der Waals surface area contributed by atoms with Crippen LogP contribution in [0.15, 0.2) is 18.5 Å². The Morgan fingerprint density at radius 3 is 2.69 bits per heavy atom. The molecule has 5 heteroatoms. The van der Waals surface area contributed by atoms with Crippen molar-refractivity contribution < 1.29 is 0 Å². The Hall–Kier alpha value is -1.86. The van der Waals surface area contributed by atoms with Gasteiger partial charge in [0, 0.05) is 5.69 Å². The minimum Gasteiger partial charge on any atom is -0.287 e. The minimum absolute atomic E-state index is 0.305. The van der Waals surface area contributed by atoms with Crippen LogP contribution in [-0.4, -0.2) is 14.5 Å². The molecule has 2 heterocycles. The van der Waals surface area contributed by atoms with Gasteiger partial charge in [-0.25, -0.2) is 9.97 Å². The van der Waals surface area contributed by atoms with E-state index in [0.717, 1.165) is 11.4 Å². The zero-order valence-electron chi connectivity index (χ0n) is 8.90. The van der Waals surface area contributed by atoms with Gasteiger partial charge in [-0.1, -0.05) is 11.6 Å². The predicted molar refractivity (Wildman–Crippen MR) is 60.6 cm³/mol. The molecule has 0 spiro atoms. The van der Waals surface area contributed by atoms with Crippen molar-refractivity contribution in [2.75, 3.05) is 0 Å². The molecule has 0 aromatic carbocycles. The van der Waals surface area contributed by atoms with E-state index in [2.05, 4.69) is 9.97 Å². The van der Waals surface area contributed by atoms with Gasteiger partial charge in [-0.3, -0.25) is 4.57 Å². The highest BCUT2D eigenvalue weighted by Gasteiger charge is 2.07. The summed E-state index contributed by atoms with van der Waals surface area (Å²) in [5.74, 6) is 0.613. The van der Waals surface area contributed by atoms with Crippen LogP contribution in [0.2, 0.25) is 5.15 Å². The Morgan fingerprint density at radius 1 is 1.38 bits per heavy atom. The fourth-order valence-electron chi connectivity index (χ4n) is 1.40. The first-order valence-electron chi connectivity index (χ1n) is 4.70. The lowest BCUT2D eigenvalue weighted by molar-refractivity contribution is 0.949. The van der Waals surface area contributed by atoms with Gasteiger partial charge in [0.15, 0.2) is 0 Å². The number of imidazole rings is 1. The van der Waals surface area contributed by atoms with Crippen LogP contribution < -0.4 is 0 Å². The number of rotatable bonds is 1. The van der Waals surface area contributed by atoms with Gasteiger partial charge >= 0.3 is 0 Å². The van der Waals surface area contributed by atoms with Gasteiger partial charge in [0.1, 0.15) is 17.3 Å². The summed E-state index contributed by atoms with van der Waals surface area (Å²) in [6.07, 6.45) is 1.67. The van der Waals surface area contributed by atoms with Crippen molar-refractivity contribution in [1.82, 2.24) is 14.5 Å². The molecule has 4 nitrogen and oxygen atoms in total. The number of nitrogens with zero attached hydrogens (tertiary/aromatic N) is 4. The van der Waals surface area contributed by atoms with Crippen molar-refractivity contribution in [2.24, 2.45) is 0 Å². The number of hydrogen-bond donors (Lipinski definition) is 0. The van der Waals surface area contributed by atoms with E-state index in [0.29, 0.717) is 16.5 Å². The normalized spacial score (nSPS) is 10.1. The second kappa shape index (κ2) is 3.95. The molecule has 0 bridgehead atoms. The minimum atomic E-state index is 0.305. The van der Waals surface area contributed by atoms with Crippen molar-refractivity contribution in [2.45, 2.75) is 13.8 Å². The topological polar surface area (TPSA) is 54.5 Å². The van der Waals surface area contributed by atoms with Gasteiger partial charge in [0.25, 0.3) is 0 Å². The van der Waals surface area contributed by atoms with E-state index in [1.54, 1.807) is 12.4 Å². The summed E-state index contributed by atoms with van der Waals surface area (Å²) in [6, 6.07) is 5.26. The third-order valence-corrected chi connectivity index (χ3v) is 2.60. The number of hydrogen-bond acceptors (Lipinski definition) is 3. The number of aryl methyl sites for hydroxylation is 1. The van der Waals surface area contributed by atoms with Crippen LogP contribution in [-0.2, 0) is 0 Å². The molecule has 0 aliphatic carbocycles. The largest absolute Gasteiger partial charge is 0.287 e. The van der Waals surface area contributed by atoms with Crippen molar-refractivity contribution in [3.63, 3.8) is 0 Å². The molecule has 16 heavy (non-hydrogen) atoms. The van der Waals surface area contributed by atoms with E-state index in [9.17, 15) is 0 Å². The summed E-state index contributed by atoms with van der Waals surface area (Å²) in [7, 11) is 0. The summed E-state index contributed by atoms with van der Waals surface area (Å²) in [5.41, 5.74) is 2.40. The molecule has 0 fully saturated rings. The Morgan fingerprint density at radius 2 is 2.12 bits per heavy atom. The standard InChI is InChI=1S/C11H9ClN4/c1-7-8(2)16(6-14-7)11-4-9(5-13)3-10(12)15-11/h3-4,6H,1-2H3. The van der Waals surface area contributed by atoms with Gasteiger partial charge in [-0.2, -0.15) is 5.26 Å². The summed E-state index contributed by atoms with van der Waals surface area (Å²) in [6.45, 7) is 3.86. The van der Waals surface area contributed by atoms with Gasteiger partial charge < -0.3 is 0 Å². The van der Waals surface area contributed by atoms with E-state index in [1.165, 1.54) is 6.07 Å². The second-order valence-electron chi connectivity index (χ2n) is 3.43. The molecule has 0 radical (unpaired) electrons. The quantitative estimate of drug-likeness (QED) is 0.710. The number of halogens is 1. The number of aromatic nitrogens is 3. The maximum absolute atomic E-state index is 8.85. The molecule has 0 saturated carbocycles. The van der Waals surface area contributed by atoms with Crippen LogP contribution in [0.4, 0.5) is 0 Å². The molecule has 2 aromatic rings. The third kappa shape index (κ3) is 1.77. The highest BCUT2D eigenvalue weighted by atomic mass is 35.5. The molecular weight excluding hydrogens is 224 g/mol. The molecule has 80 valence electrons. The van der Waals surface area contributed by atoms with Crippen LogP contribution in [0.25, 0.3) is 5.82 Å². The molecular formula is C11H9ClN4. The first kappa shape index (κ1) is 10.7. The lowest BCUT2D eigenvalue weighted by Crippen LogP contribution is -1.99. The molecule has 0 saturated heterocycles. The monoisotopic (exact) mass is 232 g/mol. The lowest BCUT2D eigenvalue weighted by atomic mass is 10.3. The lowest BCUT2D eigenvalue weighted by Gasteiger charge is -2.05.